The Hall–Kier alpha value is -0.300. The van der Waals surface area contributed by atoms with E-state index in [1.54, 1.807) is 0 Å². The maximum atomic E-state index is 3.44. The lowest BCUT2D eigenvalue weighted by Gasteiger charge is -1.96. The Labute approximate surface area is 112 Å². The van der Waals surface area contributed by atoms with Crippen molar-refractivity contribution >= 4 is 15.9 Å². The highest BCUT2D eigenvalue weighted by Gasteiger charge is 1.87. The van der Waals surface area contributed by atoms with Crippen molar-refractivity contribution in [2.75, 3.05) is 0 Å². The molecule has 0 spiro atoms. The fourth-order valence-corrected chi connectivity index (χ4v) is 1.19. The standard InChI is InChI=1S/C11H17Br.2C2H6/c1-5-9(3)7-10(4)8-11(12)6-2;2*1-2/h6-8H,5H2,1-4H3;2*1-2H3/b9-7+,10-8-,11-6+;;. The summed E-state index contributed by atoms with van der Waals surface area (Å²) in [6, 6.07) is 0. The van der Waals surface area contributed by atoms with Crippen LogP contribution in [0, 0.1) is 0 Å². The van der Waals surface area contributed by atoms with Crippen LogP contribution in [0.3, 0.4) is 0 Å². The van der Waals surface area contributed by atoms with Crippen molar-refractivity contribution in [3.63, 3.8) is 0 Å². The van der Waals surface area contributed by atoms with Gasteiger partial charge < -0.3 is 0 Å². The normalized spacial score (nSPS) is 12.2. The first-order valence-corrected chi connectivity index (χ1v) is 7.06. The van der Waals surface area contributed by atoms with Crippen LogP contribution in [0.5, 0.6) is 0 Å². The largest absolute Gasteiger partial charge is 0.0734 e. The zero-order valence-corrected chi connectivity index (χ0v) is 13.9. The van der Waals surface area contributed by atoms with Crippen molar-refractivity contribution in [3.05, 3.63) is 33.9 Å². The van der Waals surface area contributed by atoms with Gasteiger partial charge in [0.2, 0.25) is 0 Å². The molecule has 0 aromatic rings. The van der Waals surface area contributed by atoms with Gasteiger partial charge in [-0.15, -0.1) is 0 Å². The van der Waals surface area contributed by atoms with Gasteiger partial charge in [-0.25, -0.2) is 0 Å². The predicted molar refractivity (Wildman–Crippen MR) is 83.2 cm³/mol. The first-order chi connectivity index (χ1) is 7.60. The molecule has 0 unspecified atom stereocenters. The van der Waals surface area contributed by atoms with Crippen molar-refractivity contribution in [2.24, 2.45) is 0 Å². The van der Waals surface area contributed by atoms with Crippen molar-refractivity contribution in [2.45, 2.75) is 61.8 Å². The van der Waals surface area contributed by atoms with Gasteiger partial charge in [-0.1, -0.05) is 73.8 Å². The Morgan fingerprint density at radius 1 is 1.00 bits per heavy atom. The van der Waals surface area contributed by atoms with Crippen LogP contribution in [0.4, 0.5) is 0 Å². The summed E-state index contributed by atoms with van der Waals surface area (Å²) in [5.74, 6) is 0. The van der Waals surface area contributed by atoms with Crippen LogP contribution in [0.1, 0.15) is 61.8 Å². The first-order valence-electron chi connectivity index (χ1n) is 6.27. The van der Waals surface area contributed by atoms with Crippen molar-refractivity contribution in [1.29, 1.82) is 0 Å². The van der Waals surface area contributed by atoms with E-state index >= 15 is 0 Å². The zero-order chi connectivity index (χ0) is 13.6. The number of hydrogen-bond acceptors (Lipinski definition) is 0. The fourth-order valence-electron chi connectivity index (χ4n) is 0.833. The summed E-state index contributed by atoms with van der Waals surface area (Å²) in [5, 5.41) is 0. The molecular weight excluding hydrogens is 260 g/mol. The molecule has 0 aromatic carbocycles. The summed E-state index contributed by atoms with van der Waals surface area (Å²) in [5.41, 5.74) is 2.71. The van der Waals surface area contributed by atoms with E-state index in [2.05, 4.69) is 48.9 Å². The Morgan fingerprint density at radius 3 is 1.75 bits per heavy atom. The molecule has 0 aliphatic rings. The Kier molecular flexibility index (Phi) is 22.5. The van der Waals surface area contributed by atoms with E-state index in [1.807, 2.05) is 40.7 Å². The van der Waals surface area contributed by atoms with E-state index < -0.39 is 0 Å². The van der Waals surface area contributed by atoms with Crippen molar-refractivity contribution in [3.8, 4) is 0 Å². The maximum Gasteiger partial charge on any atom is 0.0135 e. The van der Waals surface area contributed by atoms with Crippen LogP contribution in [0.15, 0.2) is 33.9 Å². The summed E-state index contributed by atoms with van der Waals surface area (Å²) in [7, 11) is 0. The van der Waals surface area contributed by atoms with E-state index in [-0.39, 0.29) is 0 Å². The molecule has 0 aliphatic heterocycles. The third-order valence-electron chi connectivity index (χ3n) is 1.67. The van der Waals surface area contributed by atoms with Crippen LogP contribution in [-0.4, -0.2) is 0 Å². The number of halogens is 1. The van der Waals surface area contributed by atoms with E-state index in [9.17, 15) is 0 Å². The smallest absolute Gasteiger partial charge is 0.0135 e. The number of rotatable bonds is 3. The molecule has 0 amide bonds. The van der Waals surface area contributed by atoms with Crippen LogP contribution >= 0.6 is 15.9 Å². The molecule has 0 rings (SSSR count). The molecule has 96 valence electrons. The molecule has 0 radical (unpaired) electrons. The third kappa shape index (κ3) is 16.1. The second kappa shape index (κ2) is 17.1. The van der Waals surface area contributed by atoms with Gasteiger partial charge in [0.05, 0.1) is 0 Å². The van der Waals surface area contributed by atoms with Gasteiger partial charge in [-0.2, -0.15) is 0 Å². The molecule has 16 heavy (non-hydrogen) atoms. The molecule has 0 N–H and O–H groups in total. The molecule has 0 fully saturated rings. The average molecular weight is 289 g/mol. The lowest BCUT2D eigenvalue weighted by molar-refractivity contribution is 1.09. The Bertz CT molecular complexity index is 220. The molecule has 0 aliphatic carbocycles. The van der Waals surface area contributed by atoms with Gasteiger partial charge in [0, 0.05) is 4.48 Å². The van der Waals surface area contributed by atoms with E-state index in [4.69, 9.17) is 0 Å². The summed E-state index contributed by atoms with van der Waals surface area (Å²) in [6.45, 7) is 16.5. The average Bonchev–Trinajstić information content (AvgIpc) is 2.33. The molecule has 0 aromatic heterocycles. The van der Waals surface area contributed by atoms with Crippen molar-refractivity contribution in [1.82, 2.24) is 0 Å². The van der Waals surface area contributed by atoms with Gasteiger partial charge in [-0.3, -0.25) is 0 Å². The highest BCUT2D eigenvalue weighted by Crippen LogP contribution is 2.12. The fraction of sp³-hybridized carbons (Fsp3) is 0.600. The quantitative estimate of drug-likeness (QED) is 0.511. The van der Waals surface area contributed by atoms with Crippen LogP contribution in [0.25, 0.3) is 0 Å². The molecule has 0 bridgehead atoms. The summed E-state index contributed by atoms with van der Waals surface area (Å²) in [6.07, 6.45) is 7.50. The van der Waals surface area contributed by atoms with Gasteiger partial charge in [0.15, 0.2) is 0 Å². The second-order valence-electron chi connectivity index (χ2n) is 2.91. The van der Waals surface area contributed by atoms with E-state index in [0.29, 0.717) is 0 Å². The topological polar surface area (TPSA) is 0 Å². The van der Waals surface area contributed by atoms with Gasteiger partial charge in [0.1, 0.15) is 0 Å². The predicted octanol–water partition coefficient (Wildman–Crippen LogP) is 6.64. The molecule has 1 heteroatoms. The number of allylic oxidation sites excluding steroid dienone is 6. The van der Waals surface area contributed by atoms with Gasteiger partial charge in [-0.05, 0) is 33.3 Å². The Balaban J connectivity index is -0.000000376. The lowest BCUT2D eigenvalue weighted by Crippen LogP contribution is -1.75. The molecule has 0 saturated carbocycles. The van der Waals surface area contributed by atoms with Crippen LogP contribution in [0.2, 0.25) is 0 Å². The van der Waals surface area contributed by atoms with Gasteiger partial charge in [0.25, 0.3) is 0 Å². The molecule has 0 saturated heterocycles. The highest BCUT2D eigenvalue weighted by molar-refractivity contribution is 9.11. The second-order valence-corrected chi connectivity index (χ2v) is 3.82. The van der Waals surface area contributed by atoms with Gasteiger partial charge >= 0.3 is 0 Å². The van der Waals surface area contributed by atoms with E-state index in [1.165, 1.54) is 11.1 Å². The van der Waals surface area contributed by atoms with Crippen molar-refractivity contribution < 1.29 is 0 Å². The molecular formula is C15H29Br. The minimum absolute atomic E-state index is 1.12. The molecule has 0 nitrogen and oxygen atoms in total. The lowest BCUT2D eigenvalue weighted by atomic mass is 10.1. The first kappa shape index (κ1) is 21.0. The maximum absolute atomic E-state index is 3.44. The SMILES string of the molecule is CC.CC.C\C=C(Br)/C=C(C)\C=C(/C)CC. The Morgan fingerprint density at radius 2 is 1.44 bits per heavy atom. The highest BCUT2D eigenvalue weighted by atomic mass is 79.9. The molecule has 0 atom stereocenters. The summed E-state index contributed by atoms with van der Waals surface area (Å²) >= 11 is 3.44. The van der Waals surface area contributed by atoms with Crippen LogP contribution < -0.4 is 0 Å². The molecule has 0 heterocycles. The summed E-state index contributed by atoms with van der Waals surface area (Å²) < 4.78 is 1.14. The zero-order valence-electron chi connectivity index (χ0n) is 12.3. The van der Waals surface area contributed by atoms with E-state index in [0.717, 1.165) is 10.9 Å². The monoisotopic (exact) mass is 288 g/mol. The van der Waals surface area contributed by atoms with Crippen LogP contribution in [-0.2, 0) is 0 Å². The third-order valence-corrected chi connectivity index (χ3v) is 2.36. The minimum Gasteiger partial charge on any atom is -0.0734 e. The minimum atomic E-state index is 1.12. The summed E-state index contributed by atoms with van der Waals surface area (Å²) in [4.78, 5) is 0. The number of hydrogen-bond donors (Lipinski definition) is 0.